The first-order chi connectivity index (χ1) is 8.92. The molecule has 0 aliphatic rings. The lowest BCUT2D eigenvalue weighted by Gasteiger charge is -2.16. The average molecular weight is 266 g/mol. The van der Waals surface area contributed by atoms with E-state index in [1.165, 1.54) is 6.92 Å². The van der Waals surface area contributed by atoms with E-state index in [4.69, 9.17) is 14.2 Å². The molecule has 0 amide bonds. The highest BCUT2D eigenvalue weighted by Gasteiger charge is 2.10. The Hall–Kier alpha value is -1.55. The van der Waals surface area contributed by atoms with E-state index in [1.807, 2.05) is 20.8 Å². The summed E-state index contributed by atoms with van der Waals surface area (Å²) in [5.41, 5.74) is 0.581. The van der Waals surface area contributed by atoms with Crippen molar-refractivity contribution in [1.82, 2.24) is 0 Å². The first kappa shape index (κ1) is 15.5. The predicted octanol–water partition coefficient (Wildman–Crippen LogP) is 3.09. The molecule has 0 spiro atoms. The zero-order valence-corrected chi connectivity index (χ0v) is 12.2. The number of carbonyl (C=O) groups excluding carboxylic acids is 1. The van der Waals surface area contributed by atoms with E-state index < -0.39 is 0 Å². The van der Waals surface area contributed by atoms with E-state index in [-0.39, 0.29) is 18.0 Å². The lowest BCUT2D eigenvalue weighted by Crippen LogP contribution is -2.18. The average Bonchev–Trinajstić information content (AvgIpc) is 2.27. The Balaban J connectivity index is 2.95. The van der Waals surface area contributed by atoms with E-state index in [0.29, 0.717) is 23.7 Å². The normalized spacial score (nSPS) is 12.3. The Morgan fingerprint density at radius 1 is 1.11 bits per heavy atom. The van der Waals surface area contributed by atoms with Gasteiger partial charge < -0.3 is 14.2 Å². The summed E-state index contributed by atoms with van der Waals surface area (Å²) in [6.07, 6.45) is -0.0365. The zero-order chi connectivity index (χ0) is 14.4. The number of benzene rings is 1. The van der Waals surface area contributed by atoms with Gasteiger partial charge in [-0.05, 0) is 39.8 Å². The molecule has 4 nitrogen and oxygen atoms in total. The summed E-state index contributed by atoms with van der Waals surface area (Å²) in [5.74, 6) is 1.24. The molecule has 1 atom stereocenters. The van der Waals surface area contributed by atoms with Crippen LogP contribution in [0, 0.1) is 0 Å². The standard InChI is InChI=1S/C15H22O4/c1-10(2)18-14-6-13(12(4)16)7-15(8-14)19-11(3)9-17-5/h6-8,10-11H,9H2,1-5H3/t11-/m0/s1. The van der Waals surface area contributed by atoms with Gasteiger partial charge in [0.25, 0.3) is 0 Å². The van der Waals surface area contributed by atoms with Crippen molar-refractivity contribution in [2.45, 2.75) is 39.9 Å². The van der Waals surface area contributed by atoms with E-state index in [0.717, 1.165) is 0 Å². The summed E-state index contributed by atoms with van der Waals surface area (Å²) < 4.78 is 16.4. The van der Waals surface area contributed by atoms with Gasteiger partial charge in [-0.25, -0.2) is 0 Å². The van der Waals surface area contributed by atoms with Crippen LogP contribution >= 0.6 is 0 Å². The fourth-order valence-corrected chi connectivity index (χ4v) is 1.68. The molecule has 0 radical (unpaired) electrons. The fraction of sp³-hybridized carbons (Fsp3) is 0.533. The van der Waals surface area contributed by atoms with Gasteiger partial charge in [-0.2, -0.15) is 0 Å². The van der Waals surface area contributed by atoms with Crippen LogP contribution in [0.4, 0.5) is 0 Å². The molecule has 1 rings (SSSR count). The monoisotopic (exact) mass is 266 g/mol. The summed E-state index contributed by atoms with van der Waals surface area (Å²) in [4.78, 5) is 11.5. The third-order valence-corrected chi connectivity index (χ3v) is 2.40. The van der Waals surface area contributed by atoms with Crippen LogP contribution in [0.15, 0.2) is 18.2 Å². The number of ether oxygens (including phenoxy) is 3. The molecule has 0 aromatic heterocycles. The van der Waals surface area contributed by atoms with Gasteiger partial charge in [0.1, 0.15) is 17.6 Å². The summed E-state index contributed by atoms with van der Waals surface area (Å²) in [7, 11) is 1.62. The number of Topliss-reactive ketones (excluding diaryl/α,β-unsaturated/α-hetero) is 1. The summed E-state index contributed by atoms with van der Waals surface area (Å²) in [5, 5.41) is 0. The largest absolute Gasteiger partial charge is 0.491 e. The molecule has 0 bridgehead atoms. The molecule has 0 aliphatic heterocycles. The van der Waals surface area contributed by atoms with Crippen LogP contribution in [0.25, 0.3) is 0 Å². The molecule has 0 heterocycles. The number of carbonyl (C=O) groups is 1. The second-order valence-corrected chi connectivity index (χ2v) is 4.80. The quantitative estimate of drug-likeness (QED) is 0.711. The van der Waals surface area contributed by atoms with Crippen molar-refractivity contribution in [2.24, 2.45) is 0 Å². The number of hydrogen-bond acceptors (Lipinski definition) is 4. The van der Waals surface area contributed by atoms with Crippen LogP contribution in [-0.2, 0) is 4.74 Å². The molecule has 0 unspecified atom stereocenters. The summed E-state index contributed by atoms with van der Waals surface area (Å²) in [6, 6.07) is 5.25. The maximum atomic E-state index is 11.5. The Labute approximate surface area is 114 Å². The molecule has 0 saturated carbocycles. The van der Waals surface area contributed by atoms with Crippen molar-refractivity contribution in [3.63, 3.8) is 0 Å². The first-order valence-electron chi connectivity index (χ1n) is 6.40. The van der Waals surface area contributed by atoms with Gasteiger partial charge in [-0.3, -0.25) is 4.79 Å². The Kier molecular flexibility index (Phi) is 5.83. The Morgan fingerprint density at radius 2 is 1.68 bits per heavy atom. The number of hydrogen-bond donors (Lipinski definition) is 0. The van der Waals surface area contributed by atoms with Gasteiger partial charge in [-0.1, -0.05) is 0 Å². The lowest BCUT2D eigenvalue weighted by molar-refractivity contribution is 0.0913. The minimum atomic E-state index is -0.0842. The van der Waals surface area contributed by atoms with Crippen molar-refractivity contribution in [2.75, 3.05) is 13.7 Å². The molecule has 4 heteroatoms. The van der Waals surface area contributed by atoms with Crippen molar-refractivity contribution < 1.29 is 19.0 Å². The number of rotatable bonds is 7. The molecular weight excluding hydrogens is 244 g/mol. The maximum Gasteiger partial charge on any atom is 0.160 e. The van der Waals surface area contributed by atoms with Crippen LogP contribution in [0.2, 0.25) is 0 Å². The number of methoxy groups -OCH3 is 1. The van der Waals surface area contributed by atoms with Crippen molar-refractivity contribution in [1.29, 1.82) is 0 Å². The maximum absolute atomic E-state index is 11.5. The van der Waals surface area contributed by atoms with Crippen molar-refractivity contribution in [3.05, 3.63) is 23.8 Å². The van der Waals surface area contributed by atoms with Gasteiger partial charge >= 0.3 is 0 Å². The second-order valence-electron chi connectivity index (χ2n) is 4.80. The molecule has 0 aliphatic carbocycles. The van der Waals surface area contributed by atoms with Crippen LogP contribution in [0.5, 0.6) is 11.5 Å². The van der Waals surface area contributed by atoms with Crippen molar-refractivity contribution >= 4 is 5.78 Å². The molecule has 1 aromatic carbocycles. The van der Waals surface area contributed by atoms with E-state index >= 15 is 0 Å². The van der Waals surface area contributed by atoms with Gasteiger partial charge in [0.15, 0.2) is 5.78 Å². The highest BCUT2D eigenvalue weighted by Crippen LogP contribution is 2.25. The van der Waals surface area contributed by atoms with Gasteiger partial charge in [-0.15, -0.1) is 0 Å². The van der Waals surface area contributed by atoms with E-state index in [2.05, 4.69) is 0 Å². The molecule has 1 aromatic rings. The summed E-state index contributed by atoms with van der Waals surface area (Å²) >= 11 is 0. The van der Waals surface area contributed by atoms with Crippen molar-refractivity contribution in [3.8, 4) is 11.5 Å². The highest BCUT2D eigenvalue weighted by molar-refractivity contribution is 5.94. The molecule has 0 fully saturated rings. The lowest BCUT2D eigenvalue weighted by atomic mass is 10.1. The molecule has 0 saturated heterocycles. The fourth-order valence-electron chi connectivity index (χ4n) is 1.68. The summed E-state index contributed by atoms with van der Waals surface area (Å²) in [6.45, 7) is 7.80. The minimum Gasteiger partial charge on any atom is -0.491 e. The molecule has 0 N–H and O–H groups in total. The van der Waals surface area contributed by atoms with Crippen LogP contribution in [-0.4, -0.2) is 31.7 Å². The minimum absolute atomic E-state index is 0.0153. The van der Waals surface area contributed by atoms with E-state index in [1.54, 1.807) is 25.3 Å². The molecular formula is C15H22O4. The smallest absolute Gasteiger partial charge is 0.160 e. The zero-order valence-electron chi connectivity index (χ0n) is 12.2. The van der Waals surface area contributed by atoms with Crippen LogP contribution in [0.3, 0.4) is 0 Å². The van der Waals surface area contributed by atoms with Gasteiger partial charge in [0, 0.05) is 18.7 Å². The van der Waals surface area contributed by atoms with Gasteiger partial charge in [0.05, 0.1) is 12.7 Å². The predicted molar refractivity (Wildman–Crippen MR) is 74.2 cm³/mol. The third kappa shape index (κ3) is 5.30. The van der Waals surface area contributed by atoms with Crippen LogP contribution < -0.4 is 9.47 Å². The molecule has 106 valence electrons. The third-order valence-electron chi connectivity index (χ3n) is 2.40. The van der Waals surface area contributed by atoms with Gasteiger partial charge in [0.2, 0.25) is 0 Å². The Bertz CT molecular complexity index is 426. The topological polar surface area (TPSA) is 44.8 Å². The SMILES string of the molecule is COC[C@H](C)Oc1cc(OC(C)C)cc(C(C)=O)c1. The highest BCUT2D eigenvalue weighted by atomic mass is 16.5. The first-order valence-corrected chi connectivity index (χ1v) is 6.40. The number of ketones is 1. The second kappa shape index (κ2) is 7.14. The molecule has 19 heavy (non-hydrogen) atoms. The van der Waals surface area contributed by atoms with Crippen LogP contribution in [0.1, 0.15) is 38.1 Å². The van der Waals surface area contributed by atoms with E-state index in [9.17, 15) is 4.79 Å². The Morgan fingerprint density at radius 3 is 2.16 bits per heavy atom.